The number of rotatable bonds is 1. The van der Waals surface area contributed by atoms with Gasteiger partial charge in [-0.2, -0.15) is 5.26 Å². The molecule has 1 aromatic rings. The van der Waals surface area contributed by atoms with Gasteiger partial charge in [0.1, 0.15) is 29.5 Å². The third kappa shape index (κ3) is 2.04. The monoisotopic (exact) mass is 365 g/mol. The van der Waals surface area contributed by atoms with Crippen LogP contribution in [0.4, 0.5) is 5.69 Å². The van der Waals surface area contributed by atoms with Crippen LogP contribution in [0, 0.1) is 16.7 Å². The van der Waals surface area contributed by atoms with Crippen molar-refractivity contribution in [2.75, 3.05) is 11.6 Å². The fraction of sp³-hybridized carbons (Fsp3) is 0.350. The molecule has 1 amide bonds. The molecule has 7 heteroatoms. The van der Waals surface area contributed by atoms with Gasteiger partial charge < -0.3 is 15.6 Å². The van der Waals surface area contributed by atoms with E-state index in [2.05, 4.69) is 0 Å². The predicted octanol–water partition coefficient (Wildman–Crippen LogP) is 1.59. The second-order valence-electron chi connectivity index (χ2n) is 7.83. The Bertz CT molecular complexity index is 999. The summed E-state index contributed by atoms with van der Waals surface area (Å²) in [4.78, 5) is 27.9. The van der Waals surface area contributed by atoms with Crippen molar-refractivity contribution in [1.29, 1.82) is 5.26 Å². The van der Waals surface area contributed by atoms with Crippen molar-refractivity contribution < 1.29 is 19.4 Å². The highest BCUT2D eigenvalue weighted by molar-refractivity contribution is 6.20. The minimum Gasteiger partial charge on any atom is -0.444 e. The van der Waals surface area contributed by atoms with E-state index in [-0.39, 0.29) is 34.6 Å². The van der Waals surface area contributed by atoms with Crippen LogP contribution in [0.15, 0.2) is 47.1 Å². The molecule has 0 bridgehead atoms. The number of benzene rings is 1. The molecule has 0 aromatic heterocycles. The molecule has 0 saturated carbocycles. The molecule has 7 nitrogen and oxygen atoms in total. The van der Waals surface area contributed by atoms with Crippen molar-refractivity contribution in [3.8, 4) is 6.07 Å². The molecule has 0 fully saturated rings. The summed E-state index contributed by atoms with van der Waals surface area (Å²) in [5, 5.41) is 19.6. The van der Waals surface area contributed by atoms with Crippen LogP contribution in [0.25, 0.3) is 0 Å². The van der Waals surface area contributed by atoms with Gasteiger partial charge in [-0.25, -0.2) is 0 Å². The zero-order valence-corrected chi connectivity index (χ0v) is 15.1. The number of Topliss-reactive ketones (excluding diaryl/α,β-unsaturated/α-hetero) is 1. The molecule has 0 radical (unpaired) electrons. The van der Waals surface area contributed by atoms with Gasteiger partial charge in [-0.05, 0) is 11.5 Å². The number of aliphatic hydroxyl groups is 1. The lowest BCUT2D eigenvalue weighted by atomic mass is 9.62. The van der Waals surface area contributed by atoms with Gasteiger partial charge in [-0.15, -0.1) is 0 Å². The van der Waals surface area contributed by atoms with Crippen molar-refractivity contribution in [1.82, 2.24) is 0 Å². The van der Waals surface area contributed by atoms with Gasteiger partial charge in [0.05, 0.1) is 11.3 Å². The third-order valence-corrected chi connectivity index (χ3v) is 5.48. The molecular weight excluding hydrogens is 346 g/mol. The Morgan fingerprint density at radius 2 is 2.00 bits per heavy atom. The van der Waals surface area contributed by atoms with E-state index in [1.807, 2.05) is 19.9 Å². The topological polar surface area (TPSA) is 117 Å². The van der Waals surface area contributed by atoms with Crippen LogP contribution in [0.3, 0.4) is 0 Å². The summed E-state index contributed by atoms with van der Waals surface area (Å²) in [6.07, 6.45) is 0.647. The van der Waals surface area contributed by atoms with E-state index in [1.54, 1.807) is 24.3 Å². The first-order valence-electron chi connectivity index (χ1n) is 8.65. The molecule has 138 valence electrons. The predicted molar refractivity (Wildman–Crippen MR) is 95.7 cm³/mol. The summed E-state index contributed by atoms with van der Waals surface area (Å²) in [6, 6.07) is 8.82. The number of nitrogens with two attached hydrogens (primary N) is 1. The third-order valence-electron chi connectivity index (χ3n) is 5.48. The quantitative estimate of drug-likeness (QED) is 0.780. The Kier molecular flexibility index (Phi) is 3.49. The summed E-state index contributed by atoms with van der Waals surface area (Å²) < 4.78 is 5.68. The molecule has 0 saturated heterocycles. The fourth-order valence-corrected chi connectivity index (χ4v) is 4.48. The number of nitrogens with zero attached hydrogens (tertiary/aromatic N) is 2. The molecule has 1 aliphatic carbocycles. The normalized spacial score (nSPS) is 26.1. The Hall–Kier alpha value is -3.11. The average molecular weight is 365 g/mol. The highest BCUT2D eigenvalue weighted by Gasteiger charge is 2.62. The highest BCUT2D eigenvalue weighted by atomic mass is 16.5. The number of fused-ring (bicyclic) bond motifs is 3. The van der Waals surface area contributed by atoms with E-state index >= 15 is 0 Å². The number of carbonyl (C=O) groups excluding carboxylic acids is 2. The Labute approximate surface area is 156 Å². The molecule has 1 atom stereocenters. The first kappa shape index (κ1) is 17.3. The number of carbonyl (C=O) groups is 2. The maximum Gasteiger partial charge on any atom is 0.249 e. The first-order valence-corrected chi connectivity index (χ1v) is 8.65. The van der Waals surface area contributed by atoms with Gasteiger partial charge in [-0.3, -0.25) is 14.5 Å². The minimum absolute atomic E-state index is 0.109. The number of para-hydroxylation sites is 1. The maximum absolute atomic E-state index is 13.5. The van der Waals surface area contributed by atoms with Crippen LogP contribution < -0.4 is 10.6 Å². The van der Waals surface area contributed by atoms with Crippen molar-refractivity contribution in [2.45, 2.75) is 32.1 Å². The van der Waals surface area contributed by atoms with E-state index in [9.17, 15) is 20.0 Å². The van der Waals surface area contributed by atoms with Gasteiger partial charge in [-0.1, -0.05) is 32.0 Å². The first-order chi connectivity index (χ1) is 12.8. The summed E-state index contributed by atoms with van der Waals surface area (Å²) >= 11 is 0. The van der Waals surface area contributed by atoms with Crippen molar-refractivity contribution in [3.05, 3.63) is 52.6 Å². The molecule has 1 spiro atoms. The maximum atomic E-state index is 13.5. The number of aliphatic hydroxyl groups excluding tert-OH is 1. The minimum atomic E-state index is -1.67. The Balaban J connectivity index is 2.11. The van der Waals surface area contributed by atoms with Gasteiger partial charge in [0, 0.05) is 18.4 Å². The van der Waals surface area contributed by atoms with E-state index in [0.29, 0.717) is 23.4 Å². The SMILES string of the molecule is CC1(C)CC(=O)C2=C(C1)OC(N)=C(C#N)[C@@]21C(=O)N(CO)c2ccccc21. The van der Waals surface area contributed by atoms with Crippen LogP contribution >= 0.6 is 0 Å². The number of hydrogen-bond donors (Lipinski definition) is 2. The number of nitriles is 1. The van der Waals surface area contributed by atoms with E-state index in [0.717, 1.165) is 0 Å². The molecule has 27 heavy (non-hydrogen) atoms. The van der Waals surface area contributed by atoms with E-state index in [1.165, 1.54) is 4.90 Å². The van der Waals surface area contributed by atoms with Crippen molar-refractivity contribution in [2.24, 2.45) is 11.1 Å². The smallest absolute Gasteiger partial charge is 0.249 e. The van der Waals surface area contributed by atoms with Crippen LogP contribution in [0.5, 0.6) is 0 Å². The van der Waals surface area contributed by atoms with Crippen LogP contribution in [0.1, 0.15) is 32.3 Å². The Morgan fingerprint density at radius 3 is 2.67 bits per heavy atom. The molecule has 2 aliphatic heterocycles. The number of hydrogen-bond acceptors (Lipinski definition) is 6. The molecule has 0 unspecified atom stereocenters. The van der Waals surface area contributed by atoms with Crippen molar-refractivity contribution >= 4 is 17.4 Å². The summed E-state index contributed by atoms with van der Waals surface area (Å²) in [5.74, 6) is -0.653. The number of anilines is 1. The number of amides is 1. The molecule has 2 heterocycles. The second kappa shape index (κ2) is 5.44. The average Bonchev–Trinajstić information content (AvgIpc) is 2.83. The van der Waals surface area contributed by atoms with Crippen LogP contribution in [-0.4, -0.2) is 23.5 Å². The standard InChI is InChI=1S/C20H19N3O4/c1-19(2)7-14(25)16-15(8-19)27-17(22)12(9-21)20(16)11-5-3-4-6-13(11)23(10-24)18(20)26/h3-6,24H,7-8,10,22H2,1-2H3/t20-/m1/s1. The van der Waals surface area contributed by atoms with Crippen LogP contribution in [-0.2, 0) is 19.7 Å². The van der Waals surface area contributed by atoms with Crippen LogP contribution in [0.2, 0.25) is 0 Å². The van der Waals surface area contributed by atoms with E-state index in [4.69, 9.17) is 10.5 Å². The van der Waals surface area contributed by atoms with Gasteiger partial charge in [0.15, 0.2) is 5.78 Å². The van der Waals surface area contributed by atoms with Gasteiger partial charge in [0.25, 0.3) is 0 Å². The van der Waals surface area contributed by atoms with Crippen molar-refractivity contribution in [3.63, 3.8) is 0 Å². The molecule has 4 rings (SSSR count). The largest absolute Gasteiger partial charge is 0.444 e. The highest BCUT2D eigenvalue weighted by Crippen LogP contribution is 2.57. The van der Waals surface area contributed by atoms with Gasteiger partial charge in [0.2, 0.25) is 11.8 Å². The Morgan fingerprint density at radius 1 is 1.30 bits per heavy atom. The molecular formula is C20H19N3O4. The second-order valence-corrected chi connectivity index (χ2v) is 7.83. The molecule has 3 aliphatic rings. The number of ketones is 1. The number of allylic oxidation sites excluding steroid dienone is 1. The zero-order chi connectivity index (χ0) is 19.6. The van der Waals surface area contributed by atoms with Gasteiger partial charge >= 0.3 is 0 Å². The lowest BCUT2D eigenvalue weighted by Crippen LogP contribution is -2.50. The molecule has 1 aromatic carbocycles. The zero-order valence-electron chi connectivity index (χ0n) is 15.1. The lowest BCUT2D eigenvalue weighted by molar-refractivity contribution is -0.126. The molecule has 3 N–H and O–H groups in total. The van der Waals surface area contributed by atoms with E-state index < -0.39 is 18.1 Å². The summed E-state index contributed by atoms with van der Waals surface area (Å²) in [5.41, 5.74) is 5.01. The summed E-state index contributed by atoms with van der Waals surface area (Å²) in [7, 11) is 0. The lowest BCUT2D eigenvalue weighted by Gasteiger charge is -2.41. The number of ether oxygens (including phenoxy) is 1. The summed E-state index contributed by atoms with van der Waals surface area (Å²) in [6.45, 7) is 3.31. The fourth-order valence-electron chi connectivity index (χ4n) is 4.48.